The lowest BCUT2D eigenvalue weighted by molar-refractivity contribution is -0.150. The van der Waals surface area contributed by atoms with Gasteiger partial charge in [0.25, 0.3) is 0 Å². The van der Waals surface area contributed by atoms with Crippen molar-refractivity contribution in [2.24, 2.45) is 0 Å². The second-order valence-electron chi connectivity index (χ2n) is 4.57. The highest BCUT2D eigenvalue weighted by Gasteiger charge is 2.19. The lowest BCUT2D eigenvalue weighted by atomic mass is 10.0. The highest BCUT2D eigenvalue weighted by atomic mass is 16.6. The molecule has 1 aromatic rings. The molecule has 0 aliphatic rings. The van der Waals surface area contributed by atoms with Gasteiger partial charge in [-0.3, -0.25) is 0 Å². The van der Waals surface area contributed by atoms with Crippen LogP contribution in [-0.2, 0) is 9.53 Å². The summed E-state index contributed by atoms with van der Waals surface area (Å²) in [5.74, 6) is 0.402. The quantitative estimate of drug-likeness (QED) is 0.743. The molecular formula is C16H25NO3. The molecule has 1 rings (SSSR count). The summed E-state index contributed by atoms with van der Waals surface area (Å²) in [6.07, 6.45) is 0.359. The molecule has 0 amide bonds. The maximum Gasteiger partial charge on any atom is 0.347 e. The van der Waals surface area contributed by atoms with Crippen molar-refractivity contribution in [2.75, 3.05) is 13.2 Å². The topological polar surface area (TPSA) is 47.6 Å². The van der Waals surface area contributed by atoms with Crippen LogP contribution in [0.1, 0.15) is 45.7 Å². The lowest BCUT2D eigenvalue weighted by Crippen LogP contribution is -2.27. The van der Waals surface area contributed by atoms with Crippen molar-refractivity contribution in [3.8, 4) is 5.75 Å². The second-order valence-corrected chi connectivity index (χ2v) is 4.57. The first-order valence-corrected chi connectivity index (χ1v) is 7.29. The molecule has 0 aliphatic heterocycles. The number of carbonyl (C=O) groups is 1. The zero-order valence-corrected chi connectivity index (χ0v) is 12.8. The number of para-hydroxylation sites is 1. The van der Waals surface area contributed by atoms with Crippen molar-refractivity contribution < 1.29 is 14.3 Å². The average molecular weight is 279 g/mol. The fraction of sp³-hybridized carbons (Fsp3) is 0.562. The van der Waals surface area contributed by atoms with Crippen LogP contribution in [0, 0.1) is 0 Å². The molecule has 2 atom stereocenters. The summed E-state index contributed by atoms with van der Waals surface area (Å²) in [5.41, 5.74) is 1.08. The van der Waals surface area contributed by atoms with Crippen LogP contribution in [0.5, 0.6) is 5.75 Å². The Morgan fingerprint density at radius 2 is 1.95 bits per heavy atom. The predicted molar refractivity (Wildman–Crippen MR) is 79.9 cm³/mol. The van der Waals surface area contributed by atoms with Gasteiger partial charge < -0.3 is 14.8 Å². The molecule has 2 unspecified atom stereocenters. The molecule has 0 aliphatic carbocycles. The van der Waals surface area contributed by atoms with E-state index < -0.39 is 6.10 Å². The van der Waals surface area contributed by atoms with E-state index in [1.165, 1.54) is 0 Å². The molecule has 0 bridgehead atoms. The van der Waals surface area contributed by atoms with Gasteiger partial charge in [-0.2, -0.15) is 0 Å². The highest BCUT2D eigenvalue weighted by molar-refractivity contribution is 5.74. The van der Waals surface area contributed by atoms with E-state index in [0.717, 1.165) is 24.3 Å². The Morgan fingerprint density at radius 3 is 2.55 bits per heavy atom. The number of hydrogen-bond acceptors (Lipinski definition) is 4. The lowest BCUT2D eigenvalue weighted by Gasteiger charge is -2.21. The van der Waals surface area contributed by atoms with Crippen molar-refractivity contribution in [2.45, 2.75) is 46.3 Å². The number of benzene rings is 1. The molecule has 112 valence electrons. The van der Waals surface area contributed by atoms with Gasteiger partial charge in [0.2, 0.25) is 0 Å². The van der Waals surface area contributed by atoms with Gasteiger partial charge >= 0.3 is 5.97 Å². The van der Waals surface area contributed by atoms with E-state index in [9.17, 15) is 4.79 Å². The Morgan fingerprint density at radius 1 is 1.25 bits per heavy atom. The van der Waals surface area contributed by atoms with Crippen LogP contribution >= 0.6 is 0 Å². The molecule has 0 fully saturated rings. The normalized spacial score (nSPS) is 13.6. The molecule has 0 spiro atoms. The molecule has 0 aromatic heterocycles. The van der Waals surface area contributed by atoms with Crippen molar-refractivity contribution in [3.05, 3.63) is 29.8 Å². The summed E-state index contributed by atoms with van der Waals surface area (Å²) in [5, 5.41) is 3.42. The van der Waals surface area contributed by atoms with E-state index in [4.69, 9.17) is 9.47 Å². The van der Waals surface area contributed by atoms with E-state index in [0.29, 0.717) is 6.61 Å². The van der Waals surface area contributed by atoms with Crippen molar-refractivity contribution in [3.63, 3.8) is 0 Å². The summed E-state index contributed by atoms with van der Waals surface area (Å²) in [7, 11) is 0. The number of hydrogen-bond donors (Lipinski definition) is 1. The van der Waals surface area contributed by atoms with Crippen LogP contribution in [0.15, 0.2) is 24.3 Å². The minimum atomic E-state index is -0.602. The van der Waals surface area contributed by atoms with E-state index in [1.54, 1.807) is 13.8 Å². The molecule has 1 N–H and O–H groups in total. The van der Waals surface area contributed by atoms with Gasteiger partial charge in [0.15, 0.2) is 6.10 Å². The number of esters is 1. The Balaban J connectivity index is 2.87. The van der Waals surface area contributed by atoms with Crippen molar-refractivity contribution >= 4 is 5.97 Å². The van der Waals surface area contributed by atoms with Crippen molar-refractivity contribution in [1.29, 1.82) is 0 Å². The monoisotopic (exact) mass is 279 g/mol. The molecule has 20 heavy (non-hydrogen) atoms. The third-order valence-electron chi connectivity index (χ3n) is 3.08. The number of rotatable bonds is 8. The standard InChI is InChI=1S/C16H25NO3/c1-5-14(17-6-2)13-10-8-9-11-15(13)20-12(4)16(18)19-7-3/h8-12,14,17H,5-7H2,1-4H3. The van der Waals surface area contributed by atoms with Gasteiger partial charge in [0, 0.05) is 11.6 Å². The van der Waals surface area contributed by atoms with E-state index in [1.807, 2.05) is 24.3 Å². The summed E-state index contributed by atoms with van der Waals surface area (Å²) in [4.78, 5) is 11.7. The Bertz CT molecular complexity index is 420. The molecule has 1 aromatic carbocycles. The zero-order chi connectivity index (χ0) is 15.0. The van der Waals surface area contributed by atoms with Gasteiger partial charge in [-0.15, -0.1) is 0 Å². The largest absolute Gasteiger partial charge is 0.479 e. The van der Waals surface area contributed by atoms with E-state index in [-0.39, 0.29) is 12.0 Å². The fourth-order valence-corrected chi connectivity index (χ4v) is 2.09. The second kappa shape index (κ2) is 8.59. The zero-order valence-electron chi connectivity index (χ0n) is 12.8. The minimum Gasteiger partial charge on any atom is -0.479 e. The molecule has 4 nitrogen and oxygen atoms in total. The summed E-state index contributed by atoms with van der Waals surface area (Å²) >= 11 is 0. The SMILES string of the molecule is CCNC(CC)c1ccccc1OC(C)C(=O)OCC. The van der Waals surface area contributed by atoms with Gasteiger partial charge in [-0.05, 0) is 32.9 Å². The molecule has 0 saturated heterocycles. The maximum absolute atomic E-state index is 11.7. The Kier molecular flexibility index (Phi) is 7.09. The van der Waals surface area contributed by atoms with Crippen LogP contribution in [0.4, 0.5) is 0 Å². The minimum absolute atomic E-state index is 0.227. The van der Waals surface area contributed by atoms with Crippen LogP contribution < -0.4 is 10.1 Å². The summed E-state index contributed by atoms with van der Waals surface area (Å²) in [6, 6.07) is 8.05. The Hall–Kier alpha value is -1.55. The first-order chi connectivity index (χ1) is 9.63. The molecule has 0 radical (unpaired) electrons. The molecule has 4 heteroatoms. The van der Waals surface area contributed by atoms with Gasteiger partial charge in [0.1, 0.15) is 5.75 Å². The van der Waals surface area contributed by atoms with Gasteiger partial charge in [-0.25, -0.2) is 4.79 Å². The maximum atomic E-state index is 11.7. The molecule has 0 heterocycles. The smallest absolute Gasteiger partial charge is 0.347 e. The third kappa shape index (κ3) is 4.53. The average Bonchev–Trinajstić information content (AvgIpc) is 2.46. The van der Waals surface area contributed by atoms with Gasteiger partial charge in [0.05, 0.1) is 6.61 Å². The van der Waals surface area contributed by atoms with Crippen LogP contribution in [0.2, 0.25) is 0 Å². The summed E-state index contributed by atoms with van der Waals surface area (Å²) < 4.78 is 10.7. The highest BCUT2D eigenvalue weighted by Crippen LogP contribution is 2.28. The first kappa shape index (κ1) is 16.5. The van der Waals surface area contributed by atoms with E-state index in [2.05, 4.69) is 19.2 Å². The molecule has 0 saturated carbocycles. The van der Waals surface area contributed by atoms with E-state index >= 15 is 0 Å². The van der Waals surface area contributed by atoms with Crippen LogP contribution in [-0.4, -0.2) is 25.2 Å². The molecular weight excluding hydrogens is 254 g/mol. The first-order valence-electron chi connectivity index (χ1n) is 7.29. The number of carbonyl (C=O) groups excluding carboxylic acids is 1. The van der Waals surface area contributed by atoms with Crippen molar-refractivity contribution in [1.82, 2.24) is 5.32 Å². The van der Waals surface area contributed by atoms with Gasteiger partial charge in [-0.1, -0.05) is 32.0 Å². The Labute approximate surface area is 121 Å². The number of ether oxygens (including phenoxy) is 2. The predicted octanol–water partition coefficient (Wildman–Crippen LogP) is 3.08. The van der Waals surface area contributed by atoms with Crippen LogP contribution in [0.3, 0.4) is 0 Å². The van der Waals surface area contributed by atoms with Crippen LogP contribution in [0.25, 0.3) is 0 Å². The summed E-state index contributed by atoms with van der Waals surface area (Å²) in [6.45, 7) is 8.95. The number of nitrogens with one attached hydrogen (secondary N) is 1. The fourth-order valence-electron chi connectivity index (χ4n) is 2.09. The third-order valence-corrected chi connectivity index (χ3v) is 3.08.